The van der Waals surface area contributed by atoms with Crippen LogP contribution in [0.15, 0.2) is 48.9 Å². The summed E-state index contributed by atoms with van der Waals surface area (Å²) in [5, 5.41) is 12.5. The molecule has 2 heterocycles. The van der Waals surface area contributed by atoms with Crippen molar-refractivity contribution in [2.24, 2.45) is 7.05 Å². The van der Waals surface area contributed by atoms with Crippen LogP contribution in [0.5, 0.6) is 0 Å². The van der Waals surface area contributed by atoms with Crippen molar-refractivity contribution in [2.75, 3.05) is 5.32 Å². The summed E-state index contributed by atoms with van der Waals surface area (Å²) in [5.74, 6) is -5.08. The maximum absolute atomic E-state index is 14.1. The molecule has 1 aromatic carbocycles. The number of halogens is 2. The van der Waals surface area contributed by atoms with Gasteiger partial charge in [-0.25, -0.2) is 0 Å². The van der Waals surface area contributed by atoms with Gasteiger partial charge in [0.05, 0.1) is 17.5 Å². The van der Waals surface area contributed by atoms with Crippen molar-refractivity contribution in [3.63, 3.8) is 0 Å². The lowest BCUT2D eigenvalue weighted by atomic mass is 10.1. The molecule has 0 bridgehead atoms. The molecule has 3 aromatic rings. The predicted octanol–water partition coefficient (Wildman–Crippen LogP) is 2.54. The third-order valence-electron chi connectivity index (χ3n) is 3.28. The van der Waals surface area contributed by atoms with Crippen LogP contribution < -0.4 is 5.32 Å². The smallest absolute Gasteiger partial charge is 0.321 e. The second-order valence-corrected chi connectivity index (χ2v) is 4.98. The van der Waals surface area contributed by atoms with E-state index in [0.717, 1.165) is 23.7 Å². The molecular weight excluding hydrogens is 304 g/mol. The largest absolute Gasteiger partial charge is 0.353 e. The summed E-state index contributed by atoms with van der Waals surface area (Å²) >= 11 is 0. The average molecular weight is 317 g/mol. The highest BCUT2D eigenvalue weighted by atomic mass is 19.3. The van der Waals surface area contributed by atoms with E-state index in [-0.39, 0.29) is 5.69 Å². The van der Waals surface area contributed by atoms with E-state index in [2.05, 4.69) is 20.6 Å². The fraction of sp³-hybridized carbons (Fsp3) is 0.133. The molecule has 0 saturated carbocycles. The van der Waals surface area contributed by atoms with Crippen LogP contribution in [0.3, 0.4) is 0 Å². The number of H-pyrrole nitrogens is 1. The molecule has 0 fully saturated rings. The summed E-state index contributed by atoms with van der Waals surface area (Å²) in [6.45, 7) is 0. The van der Waals surface area contributed by atoms with E-state index in [9.17, 15) is 13.6 Å². The summed E-state index contributed by atoms with van der Waals surface area (Å²) in [4.78, 5) is 11.9. The SMILES string of the molecule is Cn1cc(C(F)(F)C(=O)Nc2cccc(-c3ccn[nH]3)c2)cn1. The van der Waals surface area contributed by atoms with E-state index < -0.39 is 17.4 Å². The van der Waals surface area contributed by atoms with Gasteiger partial charge in [0.2, 0.25) is 0 Å². The fourth-order valence-corrected chi connectivity index (χ4v) is 2.11. The Hall–Kier alpha value is -3.03. The second-order valence-electron chi connectivity index (χ2n) is 4.98. The molecule has 0 aliphatic rings. The number of hydrogen-bond donors (Lipinski definition) is 2. The summed E-state index contributed by atoms with van der Waals surface area (Å²) in [6, 6.07) is 8.31. The highest BCUT2D eigenvalue weighted by molar-refractivity contribution is 5.97. The molecule has 23 heavy (non-hydrogen) atoms. The number of rotatable bonds is 4. The van der Waals surface area contributed by atoms with Gasteiger partial charge in [0.1, 0.15) is 0 Å². The molecule has 8 heteroatoms. The molecule has 0 radical (unpaired) electrons. The average Bonchev–Trinajstić information content (AvgIpc) is 3.19. The van der Waals surface area contributed by atoms with Crippen LogP contribution in [0.4, 0.5) is 14.5 Å². The van der Waals surface area contributed by atoms with E-state index in [1.807, 2.05) is 0 Å². The quantitative estimate of drug-likeness (QED) is 0.776. The van der Waals surface area contributed by atoms with Gasteiger partial charge in [0.15, 0.2) is 0 Å². The molecule has 2 N–H and O–H groups in total. The Morgan fingerprint density at radius 1 is 1.35 bits per heavy atom. The Labute approximate surface area is 130 Å². The molecule has 118 valence electrons. The lowest BCUT2D eigenvalue weighted by molar-refractivity contribution is -0.140. The number of carbonyl (C=O) groups is 1. The number of amides is 1. The highest BCUT2D eigenvalue weighted by Gasteiger charge is 2.42. The molecule has 1 amide bonds. The van der Waals surface area contributed by atoms with Crippen molar-refractivity contribution in [1.29, 1.82) is 0 Å². The number of aryl methyl sites for hydroxylation is 1. The minimum atomic E-state index is -3.67. The number of nitrogens with one attached hydrogen (secondary N) is 2. The van der Waals surface area contributed by atoms with E-state index in [1.54, 1.807) is 30.5 Å². The van der Waals surface area contributed by atoms with Gasteiger partial charge in [-0.05, 0) is 18.2 Å². The van der Waals surface area contributed by atoms with Crippen LogP contribution in [-0.2, 0) is 17.8 Å². The van der Waals surface area contributed by atoms with Gasteiger partial charge >= 0.3 is 5.92 Å². The maximum Gasteiger partial charge on any atom is 0.353 e. The van der Waals surface area contributed by atoms with Gasteiger partial charge in [0.25, 0.3) is 5.91 Å². The molecule has 6 nitrogen and oxygen atoms in total. The zero-order chi connectivity index (χ0) is 16.4. The monoisotopic (exact) mass is 317 g/mol. The molecule has 0 atom stereocenters. The zero-order valence-corrected chi connectivity index (χ0v) is 12.1. The Bertz CT molecular complexity index is 826. The molecular formula is C15H13F2N5O. The van der Waals surface area contributed by atoms with Gasteiger partial charge < -0.3 is 5.32 Å². The maximum atomic E-state index is 14.1. The third-order valence-corrected chi connectivity index (χ3v) is 3.28. The number of aromatic amines is 1. The summed E-state index contributed by atoms with van der Waals surface area (Å²) < 4.78 is 29.5. The van der Waals surface area contributed by atoms with Crippen LogP contribution in [0, 0.1) is 0 Å². The van der Waals surface area contributed by atoms with Crippen LogP contribution in [0.2, 0.25) is 0 Å². The van der Waals surface area contributed by atoms with Crippen molar-refractivity contribution in [3.05, 3.63) is 54.5 Å². The van der Waals surface area contributed by atoms with Crippen molar-refractivity contribution in [3.8, 4) is 11.3 Å². The molecule has 3 rings (SSSR count). The summed E-state index contributed by atoms with van der Waals surface area (Å²) in [6.07, 6.45) is 3.67. The number of nitrogens with zero attached hydrogens (tertiary/aromatic N) is 3. The predicted molar refractivity (Wildman–Crippen MR) is 79.8 cm³/mol. The summed E-state index contributed by atoms with van der Waals surface area (Å²) in [5.41, 5.74) is 1.26. The van der Waals surface area contributed by atoms with E-state index >= 15 is 0 Å². The molecule has 0 spiro atoms. The number of alkyl halides is 2. The number of carbonyl (C=O) groups excluding carboxylic acids is 1. The standard InChI is InChI=1S/C15H13F2N5O/c1-22-9-11(8-19-22)15(16,17)14(23)20-12-4-2-3-10(7-12)13-5-6-18-21-13/h2-9H,1H3,(H,18,21)(H,20,23). The summed E-state index contributed by atoms with van der Waals surface area (Å²) in [7, 11) is 1.51. The van der Waals surface area contributed by atoms with Crippen LogP contribution in [0.1, 0.15) is 5.56 Å². The molecule has 0 aliphatic carbocycles. The van der Waals surface area contributed by atoms with E-state index in [1.165, 1.54) is 17.8 Å². The minimum absolute atomic E-state index is 0.269. The first kappa shape index (κ1) is 14.9. The van der Waals surface area contributed by atoms with Gasteiger partial charge in [-0.15, -0.1) is 0 Å². The molecule has 0 aliphatic heterocycles. The Morgan fingerprint density at radius 2 is 2.17 bits per heavy atom. The van der Waals surface area contributed by atoms with Crippen molar-refractivity contribution in [2.45, 2.75) is 5.92 Å². The first-order valence-corrected chi connectivity index (χ1v) is 6.75. The third kappa shape index (κ3) is 2.96. The fourth-order valence-electron chi connectivity index (χ4n) is 2.11. The number of benzene rings is 1. The Balaban J connectivity index is 1.81. The van der Waals surface area contributed by atoms with Gasteiger partial charge in [0, 0.05) is 30.7 Å². The van der Waals surface area contributed by atoms with Crippen LogP contribution in [0.25, 0.3) is 11.3 Å². The second kappa shape index (κ2) is 5.64. The zero-order valence-electron chi connectivity index (χ0n) is 12.1. The van der Waals surface area contributed by atoms with Crippen LogP contribution in [-0.4, -0.2) is 25.9 Å². The highest BCUT2D eigenvalue weighted by Crippen LogP contribution is 2.29. The normalized spacial score (nSPS) is 11.4. The minimum Gasteiger partial charge on any atom is -0.321 e. The van der Waals surface area contributed by atoms with Gasteiger partial charge in [-0.3, -0.25) is 14.6 Å². The lowest BCUT2D eigenvalue weighted by Gasteiger charge is -2.14. The first-order valence-electron chi connectivity index (χ1n) is 6.75. The van der Waals surface area contributed by atoms with E-state index in [4.69, 9.17) is 0 Å². The molecule has 0 saturated heterocycles. The molecule has 0 unspecified atom stereocenters. The lowest BCUT2D eigenvalue weighted by Crippen LogP contribution is -2.32. The Morgan fingerprint density at radius 3 is 2.83 bits per heavy atom. The number of aromatic nitrogens is 4. The van der Waals surface area contributed by atoms with E-state index in [0.29, 0.717) is 0 Å². The van der Waals surface area contributed by atoms with Crippen molar-refractivity contribution >= 4 is 11.6 Å². The van der Waals surface area contributed by atoms with Gasteiger partial charge in [-0.1, -0.05) is 12.1 Å². The van der Waals surface area contributed by atoms with Crippen LogP contribution >= 0.6 is 0 Å². The molecule has 2 aromatic heterocycles. The van der Waals surface area contributed by atoms with Gasteiger partial charge in [-0.2, -0.15) is 19.0 Å². The number of hydrogen-bond acceptors (Lipinski definition) is 3. The first-order chi connectivity index (χ1) is 11.0. The number of anilines is 1. The topological polar surface area (TPSA) is 75.6 Å². The van der Waals surface area contributed by atoms with Crippen molar-refractivity contribution in [1.82, 2.24) is 20.0 Å². The van der Waals surface area contributed by atoms with Crippen molar-refractivity contribution < 1.29 is 13.6 Å². The Kier molecular flexibility index (Phi) is 3.65.